The van der Waals surface area contributed by atoms with Crippen molar-refractivity contribution >= 4 is 11.4 Å². The van der Waals surface area contributed by atoms with E-state index in [1.807, 2.05) is 73.8 Å². The van der Waals surface area contributed by atoms with Gasteiger partial charge in [-0.2, -0.15) is 0 Å². The highest BCUT2D eigenvalue weighted by atomic mass is 16.5. The molecule has 4 heteroatoms. The molecule has 3 rings (SSSR count). The van der Waals surface area contributed by atoms with E-state index in [1.54, 1.807) is 12.1 Å². The molecular formula is C22H22N2O2. The van der Waals surface area contributed by atoms with Crippen LogP contribution in [0.1, 0.15) is 11.1 Å². The summed E-state index contributed by atoms with van der Waals surface area (Å²) in [4.78, 5) is 4.82. The van der Waals surface area contributed by atoms with E-state index >= 15 is 0 Å². The molecular weight excluding hydrogens is 324 g/mol. The molecule has 132 valence electrons. The van der Waals surface area contributed by atoms with E-state index in [0.29, 0.717) is 6.61 Å². The van der Waals surface area contributed by atoms with E-state index in [0.717, 1.165) is 34.8 Å². The van der Waals surface area contributed by atoms with Crippen molar-refractivity contribution in [1.82, 2.24) is 5.32 Å². The number of nitrogens with zero attached hydrogens (tertiary/aromatic N) is 1. The highest BCUT2D eigenvalue weighted by molar-refractivity contribution is 6.14. The second-order valence-corrected chi connectivity index (χ2v) is 5.82. The van der Waals surface area contributed by atoms with Gasteiger partial charge in [0.2, 0.25) is 0 Å². The Bertz CT molecular complexity index is 842. The molecule has 0 fully saturated rings. The Morgan fingerprint density at radius 1 is 0.885 bits per heavy atom. The van der Waals surface area contributed by atoms with E-state index in [4.69, 9.17) is 9.73 Å². The van der Waals surface area contributed by atoms with Crippen molar-refractivity contribution < 1.29 is 9.84 Å². The lowest BCUT2D eigenvalue weighted by atomic mass is 10.0. The number of hydrogen-bond acceptors (Lipinski definition) is 4. The number of rotatable bonds is 7. The maximum absolute atomic E-state index is 9.58. The summed E-state index contributed by atoms with van der Waals surface area (Å²) in [6.45, 7) is 1.43. The van der Waals surface area contributed by atoms with Crippen LogP contribution in [0.4, 0.5) is 5.69 Å². The van der Waals surface area contributed by atoms with Crippen molar-refractivity contribution in [2.75, 3.05) is 20.2 Å². The number of ether oxygens (including phenoxy) is 1. The second kappa shape index (κ2) is 8.83. The fourth-order valence-electron chi connectivity index (χ4n) is 2.53. The van der Waals surface area contributed by atoms with Crippen LogP contribution in [0.3, 0.4) is 0 Å². The van der Waals surface area contributed by atoms with Gasteiger partial charge in [0.25, 0.3) is 0 Å². The number of nitrogens with one attached hydrogen (secondary N) is 1. The fourth-order valence-corrected chi connectivity index (χ4v) is 2.53. The lowest BCUT2D eigenvalue weighted by Gasteiger charge is -2.10. The smallest absolute Gasteiger partial charge is 0.119 e. The van der Waals surface area contributed by atoms with Crippen molar-refractivity contribution in [2.24, 2.45) is 4.99 Å². The topological polar surface area (TPSA) is 53.8 Å². The predicted octanol–water partition coefficient (Wildman–Crippen LogP) is 4.16. The largest absolute Gasteiger partial charge is 0.508 e. The van der Waals surface area contributed by atoms with E-state index in [1.165, 1.54) is 0 Å². The lowest BCUT2D eigenvalue weighted by molar-refractivity contribution is 0.318. The van der Waals surface area contributed by atoms with Crippen LogP contribution in [0, 0.1) is 0 Å². The van der Waals surface area contributed by atoms with E-state index < -0.39 is 0 Å². The third-order valence-corrected chi connectivity index (χ3v) is 3.89. The molecule has 0 saturated heterocycles. The third-order valence-electron chi connectivity index (χ3n) is 3.89. The minimum absolute atomic E-state index is 0.237. The molecule has 26 heavy (non-hydrogen) atoms. The molecule has 0 radical (unpaired) electrons. The third kappa shape index (κ3) is 4.71. The van der Waals surface area contributed by atoms with E-state index in [2.05, 4.69) is 5.32 Å². The van der Waals surface area contributed by atoms with Gasteiger partial charge in [-0.3, -0.25) is 0 Å². The molecule has 0 spiro atoms. The first-order valence-corrected chi connectivity index (χ1v) is 8.57. The summed E-state index contributed by atoms with van der Waals surface area (Å²) in [6.07, 6.45) is 0. The average molecular weight is 346 g/mol. The first-order chi connectivity index (χ1) is 12.8. The predicted molar refractivity (Wildman–Crippen MR) is 106 cm³/mol. The van der Waals surface area contributed by atoms with Gasteiger partial charge in [0.05, 0.1) is 11.4 Å². The molecule has 0 amide bonds. The molecule has 0 heterocycles. The van der Waals surface area contributed by atoms with Crippen LogP contribution in [0.2, 0.25) is 0 Å². The average Bonchev–Trinajstić information content (AvgIpc) is 2.69. The van der Waals surface area contributed by atoms with Gasteiger partial charge in [0.15, 0.2) is 0 Å². The Morgan fingerprint density at radius 2 is 1.50 bits per heavy atom. The number of para-hydroxylation sites is 1. The van der Waals surface area contributed by atoms with Gasteiger partial charge in [-0.15, -0.1) is 0 Å². The molecule has 0 unspecified atom stereocenters. The zero-order valence-electron chi connectivity index (χ0n) is 14.7. The molecule has 3 aromatic rings. The Labute approximate surface area is 153 Å². The molecule has 0 atom stereocenters. The molecule has 3 aromatic carbocycles. The molecule has 0 aliphatic heterocycles. The molecule has 0 aliphatic carbocycles. The first-order valence-electron chi connectivity index (χ1n) is 8.57. The first kappa shape index (κ1) is 17.7. The van der Waals surface area contributed by atoms with Crippen LogP contribution in [0.5, 0.6) is 11.5 Å². The minimum atomic E-state index is 0.237. The fraction of sp³-hybridized carbons (Fsp3) is 0.136. The van der Waals surface area contributed by atoms with Crippen molar-refractivity contribution in [1.29, 1.82) is 0 Å². The van der Waals surface area contributed by atoms with Gasteiger partial charge in [0.1, 0.15) is 18.1 Å². The number of benzene rings is 3. The van der Waals surface area contributed by atoms with Crippen molar-refractivity contribution in [3.63, 3.8) is 0 Å². The Hall–Kier alpha value is -3.11. The lowest BCUT2D eigenvalue weighted by Crippen LogP contribution is -2.15. The molecule has 0 aliphatic rings. The van der Waals surface area contributed by atoms with Crippen LogP contribution in [0.15, 0.2) is 83.9 Å². The Kier molecular flexibility index (Phi) is 6.01. The normalized spacial score (nSPS) is 11.3. The number of phenolic OH excluding ortho intramolecular Hbond substituents is 1. The quantitative estimate of drug-likeness (QED) is 0.499. The summed E-state index contributed by atoms with van der Waals surface area (Å²) < 4.78 is 5.69. The summed E-state index contributed by atoms with van der Waals surface area (Å²) in [5.41, 5.74) is 3.65. The van der Waals surface area contributed by atoms with E-state index in [9.17, 15) is 5.11 Å². The van der Waals surface area contributed by atoms with Crippen LogP contribution in [-0.2, 0) is 0 Å². The van der Waals surface area contributed by atoms with Gasteiger partial charge >= 0.3 is 0 Å². The van der Waals surface area contributed by atoms with Crippen molar-refractivity contribution in [3.05, 3.63) is 90.0 Å². The number of aromatic hydroxyl groups is 1. The van der Waals surface area contributed by atoms with Crippen LogP contribution in [0.25, 0.3) is 0 Å². The van der Waals surface area contributed by atoms with E-state index in [-0.39, 0.29) is 5.75 Å². The maximum atomic E-state index is 9.58. The van der Waals surface area contributed by atoms with Crippen LogP contribution < -0.4 is 10.1 Å². The number of likely N-dealkylation sites (N-methyl/N-ethyl adjacent to an activating group) is 1. The van der Waals surface area contributed by atoms with Gasteiger partial charge in [-0.05, 0) is 67.7 Å². The monoisotopic (exact) mass is 346 g/mol. The summed E-state index contributed by atoms with van der Waals surface area (Å²) in [6, 6.07) is 24.8. The molecule has 4 nitrogen and oxygen atoms in total. The standard InChI is InChI=1S/C22H22N2O2/c1-23-15-16-26-21-13-9-18(10-14-21)22(17-7-11-20(25)12-8-17)24-19-5-3-2-4-6-19/h2-14,23,25H,15-16H2,1H3. The van der Waals surface area contributed by atoms with Gasteiger partial charge < -0.3 is 15.2 Å². The molecule has 0 saturated carbocycles. The number of aliphatic imine (C=N–C) groups is 1. The second-order valence-electron chi connectivity index (χ2n) is 5.82. The summed E-state index contributed by atoms with van der Waals surface area (Å²) in [5, 5.41) is 12.6. The number of phenols is 1. The van der Waals surface area contributed by atoms with Gasteiger partial charge in [-0.1, -0.05) is 18.2 Å². The van der Waals surface area contributed by atoms with Crippen LogP contribution >= 0.6 is 0 Å². The molecule has 2 N–H and O–H groups in total. The Balaban J connectivity index is 1.93. The summed E-state index contributed by atoms with van der Waals surface area (Å²) >= 11 is 0. The van der Waals surface area contributed by atoms with Gasteiger partial charge in [0, 0.05) is 17.7 Å². The highest BCUT2D eigenvalue weighted by Crippen LogP contribution is 2.21. The zero-order valence-corrected chi connectivity index (χ0v) is 14.7. The van der Waals surface area contributed by atoms with Crippen molar-refractivity contribution in [2.45, 2.75) is 0 Å². The van der Waals surface area contributed by atoms with Crippen LogP contribution in [-0.4, -0.2) is 31.0 Å². The minimum Gasteiger partial charge on any atom is -0.508 e. The zero-order chi connectivity index (χ0) is 18.2. The van der Waals surface area contributed by atoms with Gasteiger partial charge in [-0.25, -0.2) is 4.99 Å². The SMILES string of the molecule is CNCCOc1ccc(C(=Nc2ccccc2)c2ccc(O)cc2)cc1. The Morgan fingerprint density at radius 3 is 2.12 bits per heavy atom. The molecule has 0 aromatic heterocycles. The summed E-state index contributed by atoms with van der Waals surface area (Å²) in [7, 11) is 1.90. The highest BCUT2D eigenvalue weighted by Gasteiger charge is 2.08. The van der Waals surface area contributed by atoms with Crippen molar-refractivity contribution in [3.8, 4) is 11.5 Å². The summed E-state index contributed by atoms with van der Waals surface area (Å²) in [5.74, 6) is 1.06. The number of hydrogen-bond donors (Lipinski definition) is 2. The maximum Gasteiger partial charge on any atom is 0.119 e. The molecule has 0 bridgehead atoms.